The lowest BCUT2D eigenvalue weighted by Crippen LogP contribution is -2.60. The molecule has 1 N–H and O–H groups in total. The molecular formula is C27H31N3O3. The molecule has 0 saturated carbocycles. The van der Waals surface area contributed by atoms with Crippen LogP contribution in [0.1, 0.15) is 16.7 Å². The summed E-state index contributed by atoms with van der Waals surface area (Å²) in [6.45, 7) is 4.52. The van der Waals surface area contributed by atoms with Crippen molar-refractivity contribution in [2.24, 2.45) is 0 Å². The smallest absolute Gasteiger partial charge is 0.253 e. The first-order valence-corrected chi connectivity index (χ1v) is 11.2. The number of rotatable bonds is 7. The molecule has 2 aromatic carbocycles. The number of hydrogen-bond acceptors (Lipinski definition) is 5. The molecule has 172 valence electrons. The highest BCUT2D eigenvalue weighted by molar-refractivity contribution is 5.86. The molecule has 3 aromatic rings. The summed E-state index contributed by atoms with van der Waals surface area (Å²) in [6.07, 6.45) is 4.08. The maximum Gasteiger partial charge on any atom is 0.253 e. The van der Waals surface area contributed by atoms with Crippen LogP contribution in [0.5, 0.6) is 5.75 Å². The van der Waals surface area contributed by atoms with Crippen molar-refractivity contribution in [2.45, 2.75) is 25.5 Å². The fourth-order valence-corrected chi connectivity index (χ4v) is 4.46. The molecule has 33 heavy (non-hydrogen) atoms. The van der Waals surface area contributed by atoms with Crippen molar-refractivity contribution in [2.75, 3.05) is 33.9 Å². The second-order valence-electron chi connectivity index (χ2n) is 8.56. The maximum atomic E-state index is 13.1. The van der Waals surface area contributed by atoms with Crippen LogP contribution in [-0.2, 0) is 22.5 Å². The predicted molar refractivity (Wildman–Crippen MR) is 129 cm³/mol. The molecule has 1 aliphatic rings. The van der Waals surface area contributed by atoms with Crippen molar-refractivity contribution >= 4 is 5.91 Å². The van der Waals surface area contributed by atoms with Gasteiger partial charge >= 0.3 is 0 Å². The largest absolute Gasteiger partial charge is 0.496 e. The van der Waals surface area contributed by atoms with E-state index in [0.717, 1.165) is 40.1 Å². The lowest BCUT2D eigenvalue weighted by molar-refractivity contribution is -0.160. The Hall–Kier alpha value is -3.22. The van der Waals surface area contributed by atoms with Gasteiger partial charge in [0.1, 0.15) is 5.75 Å². The maximum absolute atomic E-state index is 13.1. The van der Waals surface area contributed by atoms with Gasteiger partial charge in [0, 0.05) is 51.1 Å². The summed E-state index contributed by atoms with van der Waals surface area (Å²) in [4.78, 5) is 19.4. The molecule has 0 spiro atoms. The van der Waals surface area contributed by atoms with E-state index in [0.29, 0.717) is 26.1 Å². The van der Waals surface area contributed by atoms with E-state index in [2.05, 4.69) is 58.5 Å². The summed E-state index contributed by atoms with van der Waals surface area (Å²) >= 11 is 0. The summed E-state index contributed by atoms with van der Waals surface area (Å²) in [5, 5.41) is 2.83. The first-order valence-electron chi connectivity index (χ1n) is 11.2. The van der Waals surface area contributed by atoms with E-state index in [-0.39, 0.29) is 5.91 Å². The zero-order valence-corrected chi connectivity index (χ0v) is 19.5. The van der Waals surface area contributed by atoms with E-state index in [4.69, 9.17) is 9.47 Å². The van der Waals surface area contributed by atoms with Gasteiger partial charge in [-0.15, -0.1) is 0 Å². The van der Waals surface area contributed by atoms with E-state index < -0.39 is 5.60 Å². The van der Waals surface area contributed by atoms with Crippen LogP contribution in [0.25, 0.3) is 11.1 Å². The third-order valence-corrected chi connectivity index (χ3v) is 6.20. The van der Waals surface area contributed by atoms with Gasteiger partial charge in [0.25, 0.3) is 5.91 Å². The second kappa shape index (κ2) is 10.1. The van der Waals surface area contributed by atoms with Crippen LogP contribution in [0.15, 0.2) is 67.0 Å². The monoisotopic (exact) mass is 445 g/mol. The number of methoxy groups -OCH3 is 1. The number of morpholine rings is 1. The van der Waals surface area contributed by atoms with Gasteiger partial charge < -0.3 is 14.8 Å². The van der Waals surface area contributed by atoms with Gasteiger partial charge in [-0.3, -0.25) is 14.7 Å². The summed E-state index contributed by atoms with van der Waals surface area (Å²) < 4.78 is 11.8. The minimum Gasteiger partial charge on any atom is -0.496 e. The van der Waals surface area contributed by atoms with Gasteiger partial charge in [0.15, 0.2) is 5.60 Å². The van der Waals surface area contributed by atoms with Crippen LogP contribution in [0.2, 0.25) is 0 Å². The predicted octanol–water partition coefficient (Wildman–Crippen LogP) is 3.63. The molecule has 0 radical (unpaired) electrons. The lowest BCUT2D eigenvalue weighted by atomic mass is 9.90. The molecule has 6 nitrogen and oxygen atoms in total. The summed E-state index contributed by atoms with van der Waals surface area (Å²) in [5.41, 5.74) is 4.62. The number of ether oxygens (including phenoxy) is 2. The number of carbonyl (C=O) groups excluding carboxylic acids is 1. The van der Waals surface area contributed by atoms with Gasteiger partial charge in [-0.2, -0.15) is 0 Å². The molecule has 0 aliphatic carbocycles. The lowest BCUT2D eigenvalue weighted by Gasteiger charge is -2.41. The molecule has 1 atom stereocenters. The van der Waals surface area contributed by atoms with E-state index in [1.54, 1.807) is 26.6 Å². The highest BCUT2D eigenvalue weighted by Gasteiger charge is 2.43. The van der Waals surface area contributed by atoms with Crippen LogP contribution < -0.4 is 10.1 Å². The van der Waals surface area contributed by atoms with E-state index in [1.807, 2.05) is 18.2 Å². The Morgan fingerprint density at radius 3 is 2.55 bits per heavy atom. The van der Waals surface area contributed by atoms with Crippen LogP contribution in [-0.4, -0.2) is 55.2 Å². The zero-order valence-electron chi connectivity index (χ0n) is 19.5. The highest BCUT2D eigenvalue weighted by atomic mass is 16.5. The fraction of sp³-hybridized carbons (Fsp3) is 0.333. The Kier molecular flexibility index (Phi) is 7.06. The summed E-state index contributed by atoms with van der Waals surface area (Å²) in [5.74, 6) is 0.778. The molecule has 1 saturated heterocycles. The minimum absolute atomic E-state index is 0.0960. The Labute approximate surface area is 195 Å². The normalized spacial score (nSPS) is 18.6. The minimum atomic E-state index is -0.941. The van der Waals surface area contributed by atoms with E-state index in [9.17, 15) is 4.79 Å². The average molecular weight is 446 g/mol. The highest BCUT2D eigenvalue weighted by Crippen LogP contribution is 2.28. The van der Waals surface area contributed by atoms with Gasteiger partial charge in [-0.25, -0.2) is 0 Å². The number of pyridine rings is 1. The number of likely N-dealkylation sites (N-methyl/N-ethyl adjacent to an activating group) is 1. The first-order chi connectivity index (χ1) is 16.0. The van der Waals surface area contributed by atoms with E-state index >= 15 is 0 Å². The van der Waals surface area contributed by atoms with Crippen LogP contribution >= 0.6 is 0 Å². The molecule has 0 unspecified atom stereocenters. The Balaban J connectivity index is 1.54. The molecule has 4 rings (SSSR count). The Morgan fingerprint density at radius 2 is 1.85 bits per heavy atom. The quantitative estimate of drug-likeness (QED) is 0.602. The number of amides is 1. The van der Waals surface area contributed by atoms with Gasteiger partial charge in [0.05, 0.1) is 13.7 Å². The third kappa shape index (κ3) is 5.24. The number of carbonyl (C=O) groups is 1. The first kappa shape index (κ1) is 23.0. The van der Waals surface area contributed by atoms with Gasteiger partial charge in [-0.05, 0) is 47.4 Å². The van der Waals surface area contributed by atoms with Crippen LogP contribution in [0, 0.1) is 6.92 Å². The van der Waals surface area contributed by atoms with Crippen molar-refractivity contribution < 1.29 is 14.3 Å². The Morgan fingerprint density at radius 1 is 1.12 bits per heavy atom. The van der Waals surface area contributed by atoms with Crippen LogP contribution in [0.3, 0.4) is 0 Å². The summed E-state index contributed by atoms with van der Waals surface area (Å²) in [7, 11) is 3.37. The fourth-order valence-electron chi connectivity index (χ4n) is 4.46. The van der Waals surface area contributed by atoms with Gasteiger partial charge in [-0.1, -0.05) is 36.4 Å². The second-order valence-corrected chi connectivity index (χ2v) is 8.56. The molecular weight excluding hydrogens is 414 g/mol. The molecule has 2 heterocycles. The van der Waals surface area contributed by atoms with Crippen molar-refractivity contribution in [1.82, 2.24) is 15.2 Å². The van der Waals surface area contributed by atoms with Crippen molar-refractivity contribution in [3.63, 3.8) is 0 Å². The van der Waals surface area contributed by atoms with E-state index in [1.165, 1.54) is 0 Å². The number of aromatic nitrogens is 1. The third-order valence-electron chi connectivity index (χ3n) is 6.20. The Bertz CT molecular complexity index is 1090. The number of nitrogens with zero attached hydrogens (tertiary/aromatic N) is 2. The molecule has 1 aromatic heterocycles. The van der Waals surface area contributed by atoms with Crippen molar-refractivity contribution in [1.29, 1.82) is 0 Å². The zero-order chi connectivity index (χ0) is 23.3. The van der Waals surface area contributed by atoms with Gasteiger partial charge in [0.2, 0.25) is 0 Å². The standard InChI is InChI=1S/C27H31N3O3/c1-20-4-7-24(25(16-20)32-3)18-30-14-15-33-27(19-30,26(31)28-2)17-21-5-8-22(9-6-21)23-10-12-29-13-11-23/h4-13,16H,14-15,17-19H2,1-3H3,(H,28,31)/t27-/m0/s1. The molecule has 1 amide bonds. The average Bonchev–Trinajstić information content (AvgIpc) is 2.85. The summed E-state index contributed by atoms with van der Waals surface area (Å²) in [6, 6.07) is 18.5. The van der Waals surface area contributed by atoms with Crippen molar-refractivity contribution in [3.8, 4) is 16.9 Å². The molecule has 1 fully saturated rings. The molecule has 6 heteroatoms. The molecule has 0 bridgehead atoms. The van der Waals surface area contributed by atoms with Crippen molar-refractivity contribution in [3.05, 3.63) is 83.7 Å². The SMILES string of the molecule is CNC(=O)[C@]1(Cc2ccc(-c3ccncc3)cc2)CN(Cc2ccc(C)cc2OC)CCO1. The molecule has 1 aliphatic heterocycles. The van der Waals surface area contributed by atoms with Crippen LogP contribution in [0.4, 0.5) is 0 Å². The number of nitrogens with one attached hydrogen (secondary N) is 1. The number of benzene rings is 2. The topological polar surface area (TPSA) is 63.7 Å². The number of hydrogen-bond donors (Lipinski definition) is 1. The number of aryl methyl sites for hydroxylation is 1.